The van der Waals surface area contributed by atoms with E-state index in [2.05, 4.69) is 13.0 Å². The fourth-order valence-electron chi connectivity index (χ4n) is 0.615. The largest absolute Gasteiger partial charge is 0.499 e. The van der Waals surface area contributed by atoms with E-state index in [9.17, 15) is 0 Å². The van der Waals surface area contributed by atoms with Crippen LogP contribution in [0.5, 0.6) is 0 Å². The van der Waals surface area contributed by atoms with Crippen LogP contribution in [0, 0.1) is 0 Å². The molecule has 0 atom stereocenters. The lowest BCUT2D eigenvalue weighted by atomic mass is 10.4. The van der Waals surface area contributed by atoms with Crippen LogP contribution in [0.2, 0.25) is 0 Å². The van der Waals surface area contributed by atoms with Crippen LogP contribution < -0.4 is 0 Å². The summed E-state index contributed by atoms with van der Waals surface area (Å²) in [5.74, 6) is 0.979. The van der Waals surface area contributed by atoms with Gasteiger partial charge in [0.1, 0.15) is 0 Å². The first-order valence-corrected chi connectivity index (χ1v) is 3.77. The summed E-state index contributed by atoms with van der Waals surface area (Å²) in [6.45, 7) is 6.81. The minimum Gasteiger partial charge on any atom is -0.499 e. The average Bonchev–Trinajstić information content (AvgIpc) is 1.89. The summed E-state index contributed by atoms with van der Waals surface area (Å²) >= 11 is 0. The second-order valence-electron chi connectivity index (χ2n) is 2.05. The van der Waals surface area contributed by atoms with Gasteiger partial charge in [0, 0.05) is 0 Å². The minimum absolute atomic E-state index is 0.752. The smallest absolute Gasteiger partial charge is 0.0928 e. The van der Waals surface area contributed by atoms with E-state index in [0.717, 1.165) is 18.8 Å². The molecule has 0 aromatic rings. The van der Waals surface area contributed by atoms with E-state index in [0.29, 0.717) is 0 Å². The molecule has 0 rings (SSSR count). The number of rotatable bonds is 4. The highest BCUT2D eigenvalue weighted by atomic mass is 16.5. The van der Waals surface area contributed by atoms with Crippen LogP contribution in [0.4, 0.5) is 0 Å². The molecule has 0 saturated heterocycles. The lowest BCUT2D eigenvalue weighted by Crippen LogP contribution is -1.84. The van der Waals surface area contributed by atoms with Gasteiger partial charge in [-0.2, -0.15) is 0 Å². The summed E-state index contributed by atoms with van der Waals surface area (Å²) in [5.41, 5.74) is 0. The van der Waals surface area contributed by atoms with Crippen molar-refractivity contribution < 1.29 is 4.74 Å². The Labute approximate surface area is 63.4 Å². The topological polar surface area (TPSA) is 9.23 Å². The normalized spacial score (nSPS) is 12.5. The van der Waals surface area contributed by atoms with Crippen molar-refractivity contribution in [3.05, 3.63) is 24.0 Å². The number of allylic oxidation sites excluding steroid dienone is 4. The van der Waals surface area contributed by atoms with Gasteiger partial charge in [-0.05, 0) is 26.3 Å². The maximum Gasteiger partial charge on any atom is 0.0928 e. The van der Waals surface area contributed by atoms with Crippen LogP contribution in [-0.2, 0) is 4.74 Å². The van der Waals surface area contributed by atoms with Gasteiger partial charge in [0.05, 0.1) is 12.4 Å². The zero-order valence-electron chi connectivity index (χ0n) is 7.05. The third-order valence-corrected chi connectivity index (χ3v) is 1.07. The molecule has 0 radical (unpaired) electrons. The van der Waals surface area contributed by atoms with Crippen LogP contribution in [0.25, 0.3) is 0 Å². The molecule has 0 unspecified atom stereocenters. The molecule has 58 valence electrons. The first-order valence-electron chi connectivity index (χ1n) is 3.77. The van der Waals surface area contributed by atoms with Crippen molar-refractivity contribution in [3.63, 3.8) is 0 Å². The third kappa shape index (κ3) is 5.42. The van der Waals surface area contributed by atoms with Gasteiger partial charge in [-0.1, -0.05) is 19.1 Å². The molecular weight excluding hydrogens is 124 g/mol. The first kappa shape index (κ1) is 9.28. The summed E-state index contributed by atoms with van der Waals surface area (Å²) in [6.07, 6.45) is 7.18. The molecule has 0 aliphatic carbocycles. The molecule has 0 bridgehead atoms. The van der Waals surface area contributed by atoms with Gasteiger partial charge in [0.15, 0.2) is 0 Å². The maximum atomic E-state index is 5.20. The molecule has 0 aromatic heterocycles. The lowest BCUT2D eigenvalue weighted by molar-refractivity contribution is 0.231. The zero-order valence-corrected chi connectivity index (χ0v) is 7.05. The quantitative estimate of drug-likeness (QED) is 0.431. The van der Waals surface area contributed by atoms with Gasteiger partial charge in [0.2, 0.25) is 0 Å². The van der Waals surface area contributed by atoms with E-state index in [1.54, 1.807) is 0 Å². The van der Waals surface area contributed by atoms with Crippen molar-refractivity contribution in [2.45, 2.75) is 27.2 Å². The number of hydrogen-bond donors (Lipinski definition) is 0. The average molecular weight is 140 g/mol. The second-order valence-corrected chi connectivity index (χ2v) is 2.05. The standard InChI is InChI=1S/C9H16O/c1-4-6-7-8-9(3)10-5-2/h6-8H,4-5H2,1-3H3/b7-6-,9-8+. The Kier molecular flexibility index (Phi) is 5.94. The number of hydrogen-bond acceptors (Lipinski definition) is 1. The Bertz CT molecular complexity index is 123. The Balaban J connectivity index is 3.56. The van der Waals surface area contributed by atoms with Gasteiger partial charge in [-0.15, -0.1) is 0 Å². The van der Waals surface area contributed by atoms with Crippen molar-refractivity contribution in [1.29, 1.82) is 0 Å². The SMILES string of the molecule is CC/C=C\C=C(/C)OCC. The summed E-state index contributed by atoms with van der Waals surface area (Å²) in [7, 11) is 0. The van der Waals surface area contributed by atoms with Gasteiger partial charge < -0.3 is 4.74 Å². The number of ether oxygens (including phenoxy) is 1. The van der Waals surface area contributed by atoms with Gasteiger partial charge in [-0.3, -0.25) is 0 Å². The first-order chi connectivity index (χ1) is 4.81. The van der Waals surface area contributed by atoms with Gasteiger partial charge in [-0.25, -0.2) is 0 Å². The molecule has 10 heavy (non-hydrogen) atoms. The molecule has 0 aliphatic heterocycles. The van der Waals surface area contributed by atoms with Crippen LogP contribution in [-0.4, -0.2) is 6.61 Å². The molecular formula is C9H16O. The molecule has 0 heterocycles. The Morgan fingerprint density at radius 2 is 2.10 bits per heavy atom. The fourth-order valence-corrected chi connectivity index (χ4v) is 0.615. The van der Waals surface area contributed by atoms with E-state index in [1.165, 1.54) is 0 Å². The van der Waals surface area contributed by atoms with E-state index in [1.807, 2.05) is 26.0 Å². The van der Waals surface area contributed by atoms with Crippen LogP contribution >= 0.6 is 0 Å². The molecule has 0 aromatic carbocycles. The second kappa shape index (κ2) is 6.40. The van der Waals surface area contributed by atoms with Crippen molar-refractivity contribution in [1.82, 2.24) is 0 Å². The fraction of sp³-hybridized carbons (Fsp3) is 0.556. The molecule has 0 amide bonds. The van der Waals surface area contributed by atoms with Gasteiger partial charge >= 0.3 is 0 Å². The third-order valence-electron chi connectivity index (χ3n) is 1.07. The zero-order chi connectivity index (χ0) is 7.82. The Morgan fingerprint density at radius 1 is 1.40 bits per heavy atom. The molecule has 1 nitrogen and oxygen atoms in total. The lowest BCUT2D eigenvalue weighted by Gasteiger charge is -1.98. The molecule has 0 spiro atoms. The summed E-state index contributed by atoms with van der Waals surface area (Å²) < 4.78 is 5.20. The minimum atomic E-state index is 0.752. The summed E-state index contributed by atoms with van der Waals surface area (Å²) in [4.78, 5) is 0. The van der Waals surface area contributed by atoms with Gasteiger partial charge in [0.25, 0.3) is 0 Å². The predicted molar refractivity (Wildman–Crippen MR) is 44.8 cm³/mol. The van der Waals surface area contributed by atoms with E-state index >= 15 is 0 Å². The highest BCUT2D eigenvalue weighted by molar-refractivity contribution is 5.05. The maximum absolute atomic E-state index is 5.20. The van der Waals surface area contributed by atoms with E-state index in [4.69, 9.17) is 4.74 Å². The van der Waals surface area contributed by atoms with Crippen molar-refractivity contribution in [2.75, 3.05) is 6.61 Å². The molecule has 0 N–H and O–H groups in total. The van der Waals surface area contributed by atoms with Crippen LogP contribution in [0.15, 0.2) is 24.0 Å². The molecule has 0 saturated carbocycles. The Hall–Kier alpha value is -0.720. The predicted octanol–water partition coefficient (Wildman–Crippen LogP) is 2.89. The molecule has 0 aliphatic rings. The summed E-state index contributed by atoms with van der Waals surface area (Å²) in [6, 6.07) is 0. The monoisotopic (exact) mass is 140 g/mol. The summed E-state index contributed by atoms with van der Waals surface area (Å²) in [5, 5.41) is 0. The Morgan fingerprint density at radius 3 is 2.60 bits per heavy atom. The van der Waals surface area contributed by atoms with E-state index < -0.39 is 0 Å². The van der Waals surface area contributed by atoms with Crippen LogP contribution in [0.1, 0.15) is 27.2 Å². The van der Waals surface area contributed by atoms with Crippen molar-refractivity contribution in [2.24, 2.45) is 0 Å². The van der Waals surface area contributed by atoms with Crippen molar-refractivity contribution >= 4 is 0 Å². The highest BCUT2D eigenvalue weighted by Crippen LogP contribution is 1.94. The van der Waals surface area contributed by atoms with E-state index in [-0.39, 0.29) is 0 Å². The highest BCUT2D eigenvalue weighted by Gasteiger charge is 1.80. The molecule has 0 fully saturated rings. The van der Waals surface area contributed by atoms with Crippen LogP contribution in [0.3, 0.4) is 0 Å². The molecule has 1 heteroatoms. The van der Waals surface area contributed by atoms with Crippen molar-refractivity contribution in [3.8, 4) is 0 Å².